The van der Waals surface area contributed by atoms with Gasteiger partial charge in [0.05, 0.1) is 24.8 Å². The number of ether oxygens (including phenoxy) is 2. The first-order valence-electron chi connectivity index (χ1n) is 10.6. The lowest BCUT2D eigenvalue weighted by atomic mass is 10.1. The zero-order valence-corrected chi connectivity index (χ0v) is 20.6. The molecule has 0 bridgehead atoms. The maximum Gasteiger partial charge on any atom is 0.266 e. The number of benzene rings is 2. The van der Waals surface area contributed by atoms with E-state index in [1.165, 1.54) is 11.8 Å². The number of hydrogen-bond donors (Lipinski definition) is 0. The number of aromatic nitrogens is 2. The van der Waals surface area contributed by atoms with Crippen molar-refractivity contribution in [3.05, 3.63) is 65.2 Å². The van der Waals surface area contributed by atoms with Crippen LogP contribution in [0.2, 0.25) is 0 Å². The smallest absolute Gasteiger partial charge is 0.266 e. The van der Waals surface area contributed by atoms with Crippen LogP contribution < -0.4 is 9.47 Å². The molecule has 4 rings (SSSR count). The van der Waals surface area contributed by atoms with Gasteiger partial charge in [-0.25, -0.2) is 4.68 Å². The highest BCUT2D eigenvalue weighted by atomic mass is 32.2. The van der Waals surface area contributed by atoms with Crippen LogP contribution in [0, 0.1) is 0 Å². The number of methoxy groups -OCH3 is 2. The molecule has 2 heterocycles. The summed E-state index contributed by atoms with van der Waals surface area (Å²) in [6, 6.07) is 15.6. The van der Waals surface area contributed by atoms with Crippen LogP contribution in [0.25, 0.3) is 23.0 Å². The Bertz CT molecular complexity index is 1220. The van der Waals surface area contributed by atoms with Crippen molar-refractivity contribution >= 4 is 40.3 Å². The molecule has 1 saturated heterocycles. The molecule has 0 aliphatic carbocycles. The van der Waals surface area contributed by atoms with Crippen LogP contribution in [0.4, 0.5) is 0 Å². The van der Waals surface area contributed by atoms with E-state index >= 15 is 0 Å². The van der Waals surface area contributed by atoms with Crippen molar-refractivity contribution in [3.8, 4) is 28.4 Å². The third-order valence-electron chi connectivity index (χ3n) is 5.56. The summed E-state index contributed by atoms with van der Waals surface area (Å²) in [4.78, 5) is 15.4. The number of amides is 1. The Kier molecular flexibility index (Phi) is 6.85. The van der Waals surface area contributed by atoms with E-state index in [-0.39, 0.29) is 11.9 Å². The van der Waals surface area contributed by atoms with E-state index in [1.807, 2.05) is 79.3 Å². The SMILES string of the molecule is CCC(C)N1C(=O)/C(=C/c2cn(-c3ccccc3)nc2-c2ccc(OC)c(OC)c2)SC1=S. The van der Waals surface area contributed by atoms with Gasteiger partial charge >= 0.3 is 0 Å². The van der Waals surface area contributed by atoms with E-state index in [4.69, 9.17) is 26.8 Å². The Balaban J connectivity index is 1.83. The first kappa shape index (κ1) is 23.1. The molecule has 1 aliphatic heterocycles. The topological polar surface area (TPSA) is 56.6 Å². The molecule has 1 aliphatic rings. The van der Waals surface area contributed by atoms with Crippen LogP contribution >= 0.6 is 24.0 Å². The van der Waals surface area contributed by atoms with Gasteiger partial charge in [0.15, 0.2) is 11.5 Å². The fourth-order valence-electron chi connectivity index (χ4n) is 3.60. The Morgan fingerprint density at radius 2 is 1.85 bits per heavy atom. The zero-order chi connectivity index (χ0) is 23.5. The maximum absolute atomic E-state index is 13.1. The highest BCUT2D eigenvalue weighted by molar-refractivity contribution is 8.26. The second-order valence-electron chi connectivity index (χ2n) is 7.59. The van der Waals surface area contributed by atoms with E-state index in [0.29, 0.717) is 20.7 Å². The molecule has 0 spiro atoms. The summed E-state index contributed by atoms with van der Waals surface area (Å²) in [5.41, 5.74) is 3.32. The first-order chi connectivity index (χ1) is 16.0. The van der Waals surface area contributed by atoms with Crippen molar-refractivity contribution < 1.29 is 14.3 Å². The Morgan fingerprint density at radius 3 is 2.52 bits per heavy atom. The largest absolute Gasteiger partial charge is 0.493 e. The summed E-state index contributed by atoms with van der Waals surface area (Å²) in [5, 5.41) is 4.85. The van der Waals surface area contributed by atoms with Gasteiger partial charge in [-0.1, -0.05) is 49.1 Å². The van der Waals surface area contributed by atoms with Gasteiger partial charge < -0.3 is 9.47 Å². The molecule has 0 saturated carbocycles. The van der Waals surface area contributed by atoms with Gasteiger partial charge in [0, 0.05) is 23.4 Å². The Labute approximate surface area is 203 Å². The monoisotopic (exact) mass is 479 g/mol. The normalized spacial score (nSPS) is 15.9. The van der Waals surface area contributed by atoms with Crippen molar-refractivity contribution in [3.63, 3.8) is 0 Å². The summed E-state index contributed by atoms with van der Waals surface area (Å²) >= 11 is 6.83. The minimum atomic E-state index is -0.0647. The molecule has 0 N–H and O–H groups in total. The fraction of sp³-hybridized carbons (Fsp3) is 0.240. The molecule has 0 radical (unpaired) electrons. The van der Waals surface area contributed by atoms with Crippen molar-refractivity contribution in [1.82, 2.24) is 14.7 Å². The summed E-state index contributed by atoms with van der Waals surface area (Å²) in [6.07, 6.45) is 4.64. The molecule has 33 heavy (non-hydrogen) atoms. The van der Waals surface area contributed by atoms with Gasteiger partial charge in [-0.05, 0) is 49.8 Å². The van der Waals surface area contributed by atoms with Gasteiger partial charge in [0.1, 0.15) is 10.0 Å². The van der Waals surface area contributed by atoms with Crippen molar-refractivity contribution in [2.75, 3.05) is 14.2 Å². The third kappa shape index (κ3) is 4.54. The molecule has 8 heteroatoms. The molecular weight excluding hydrogens is 454 g/mol. The van der Waals surface area contributed by atoms with E-state index in [1.54, 1.807) is 19.1 Å². The fourth-order valence-corrected chi connectivity index (χ4v) is 5.05. The number of rotatable bonds is 7. The minimum absolute atomic E-state index is 0.0563. The van der Waals surface area contributed by atoms with Crippen LogP contribution in [0.15, 0.2) is 59.6 Å². The summed E-state index contributed by atoms with van der Waals surface area (Å²) in [6.45, 7) is 4.06. The molecule has 1 aromatic heterocycles. The van der Waals surface area contributed by atoms with E-state index in [0.717, 1.165) is 28.9 Å². The average Bonchev–Trinajstić information content (AvgIpc) is 3.39. The van der Waals surface area contributed by atoms with Crippen LogP contribution in [0.1, 0.15) is 25.8 Å². The molecule has 1 fully saturated rings. The Morgan fingerprint density at radius 1 is 1.12 bits per heavy atom. The highest BCUT2D eigenvalue weighted by Crippen LogP contribution is 2.38. The molecule has 2 aromatic carbocycles. The quantitative estimate of drug-likeness (QED) is 0.327. The molecule has 1 atom stereocenters. The van der Waals surface area contributed by atoms with Gasteiger partial charge in [0.2, 0.25) is 0 Å². The number of para-hydroxylation sites is 1. The number of thioether (sulfide) groups is 1. The third-order valence-corrected chi connectivity index (χ3v) is 6.89. The summed E-state index contributed by atoms with van der Waals surface area (Å²) in [7, 11) is 3.21. The maximum atomic E-state index is 13.1. The van der Waals surface area contributed by atoms with E-state index in [2.05, 4.69) is 0 Å². The van der Waals surface area contributed by atoms with Crippen LogP contribution in [-0.2, 0) is 4.79 Å². The summed E-state index contributed by atoms with van der Waals surface area (Å²) < 4.78 is 13.3. The number of nitrogens with zero attached hydrogens (tertiary/aromatic N) is 3. The second kappa shape index (κ2) is 9.80. The van der Waals surface area contributed by atoms with Gasteiger partial charge in [-0.2, -0.15) is 5.10 Å². The molecule has 1 unspecified atom stereocenters. The van der Waals surface area contributed by atoms with Crippen LogP contribution in [-0.4, -0.2) is 45.2 Å². The number of carbonyl (C=O) groups excluding carboxylic acids is 1. The molecule has 6 nitrogen and oxygen atoms in total. The molecular formula is C25H25N3O3S2. The zero-order valence-electron chi connectivity index (χ0n) is 18.9. The summed E-state index contributed by atoms with van der Waals surface area (Å²) in [5.74, 6) is 1.18. The molecule has 1 amide bonds. The first-order valence-corrected chi connectivity index (χ1v) is 11.8. The predicted molar refractivity (Wildman–Crippen MR) is 137 cm³/mol. The lowest BCUT2D eigenvalue weighted by molar-refractivity contribution is -0.123. The predicted octanol–water partition coefficient (Wildman–Crippen LogP) is 5.56. The molecule has 3 aromatic rings. The molecule has 170 valence electrons. The number of carbonyl (C=O) groups is 1. The number of hydrogen-bond acceptors (Lipinski definition) is 6. The van der Waals surface area contributed by atoms with Gasteiger partial charge in [0.25, 0.3) is 5.91 Å². The van der Waals surface area contributed by atoms with E-state index in [9.17, 15) is 4.79 Å². The van der Waals surface area contributed by atoms with Crippen LogP contribution in [0.3, 0.4) is 0 Å². The average molecular weight is 480 g/mol. The lowest BCUT2D eigenvalue weighted by Gasteiger charge is -2.21. The van der Waals surface area contributed by atoms with Gasteiger partial charge in [-0.3, -0.25) is 9.69 Å². The van der Waals surface area contributed by atoms with Gasteiger partial charge in [-0.15, -0.1) is 0 Å². The highest BCUT2D eigenvalue weighted by Gasteiger charge is 2.35. The minimum Gasteiger partial charge on any atom is -0.493 e. The van der Waals surface area contributed by atoms with E-state index < -0.39 is 0 Å². The van der Waals surface area contributed by atoms with Crippen molar-refractivity contribution in [2.24, 2.45) is 0 Å². The van der Waals surface area contributed by atoms with Crippen molar-refractivity contribution in [1.29, 1.82) is 0 Å². The Hall–Kier alpha value is -3.10. The number of thiocarbonyl (C=S) groups is 1. The van der Waals surface area contributed by atoms with Crippen molar-refractivity contribution in [2.45, 2.75) is 26.3 Å². The second-order valence-corrected chi connectivity index (χ2v) is 9.27. The lowest BCUT2D eigenvalue weighted by Crippen LogP contribution is -2.36. The standard InChI is InChI=1S/C25H25N3O3S2/c1-5-16(2)28-24(29)22(33-25(28)32)14-18-15-27(19-9-7-6-8-10-19)26-23(18)17-11-12-20(30-3)21(13-17)31-4/h6-16H,5H2,1-4H3/b22-14-. The van der Waals surface area contributed by atoms with Crippen LogP contribution in [0.5, 0.6) is 11.5 Å².